The number of hydrogen-bond donors (Lipinski definition) is 1. The van der Waals surface area contributed by atoms with Gasteiger partial charge in [0, 0.05) is 11.6 Å². The van der Waals surface area contributed by atoms with Crippen molar-refractivity contribution >= 4 is 11.6 Å². The number of alkyl halides is 3. The van der Waals surface area contributed by atoms with Crippen LogP contribution in [0.15, 0.2) is 42.5 Å². The van der Waals surface area contributed by atoms with Gasteiger partial charge >= 0.3 is 6.18 Å². The van der Waals surface area contributed by atoms with Gasteiger partial charge in [0.15, 0.2) is 0 Å². The van der Waals surface area contributed by atoms with Crippen LogP contribution in [0.1, 0.15) is 11.1 Å². The van der Waals surface area contributed by atoms with Crippen LogP contribution in [0.3, 0.4) is 0 Å². The van der Waals surface area contributed by atoms with Gasteiger partial charge in [0.25, 0.3) is 0 Å². The van der Waals surface area contributed by atoms with Gasteiger partial charge in [-0.15, -0.1) is 0 Å². The Morgan fingerprint density at radius 2 is 1.79 bits per heavy atom. The molecule has 100 valence electrons. The highest BCUT2D eigenvalue weighted by Gasteiger charge is 2.30. The molecule has 0 fully saturated rings. The molecular weight excluding hydrogens is 275 g/mol. The molecule has 0 radical (unpaired) electrons. The summed E-state index contributed by atoms with van der Waals surface area (Å²) in [7, 11) is 0. The normalized spacial score (nSPS) is 11.6. The van der Waals surface area contributed by atoms with Crippen molar-refractivity contribution in [2.75, 3.05) is 0 Å². The molecule has 0 atom stereocenters. The fraction of sp³-hybridized carbons (Fsp3) is 0.143. The van der Waals surface area contributed by atoms with Crippen molar-refractivity contribution in [1.82, 2.24) is 0 Å². The first-order chi connectivity index (χ1) is 8.91. The van der Waals surface area contributed by atoms with Gasteiger partial charge in [0.1, 0.15) is 0 Å². The zero-order valence-corrected chi connectivity index (χ0v) is 10.6. The van der Waals surface area contributed by atoms with Crippen LogP contribution in [-0.2, 0) is 12.7 Å². The van der Waals surface area contributed by atoms with E-state index in [1.165, 1.54) is 6.07 Å². The Kier molecular flexibility index (Phi) is 3.83. The van der Waals surface area contributed by atoms with E-state index < -0.39 is 11.7 Å². The van der Waals surface area contributed by atoms with Gasteiger partial charge < -0.3 is 5.73 Å². The molecule has 0 aromatic heterocycles. The van der Waals surface area contributed by atoms with Crippen molar-refractivity contribution in [3.63, 3.8) is 0 Å². The average Bonchev–Trinajstić information content (AvgIpc) is 2.37. The lowest BCUT2D eigenvalue weighted by Crippen LogP contribution is -2.08. The molecule has 2 N–H and O–H groups in total. The summed E-state index contributed by atoms with van der Waals surface area (Å²) in [5, 5.41) is 0.528. The fourth-order valence-corrected chi connectivity index (χ4v) is 2.07. The maximum absolute atomic E-state index is 12.6. The first-order valence-corrected chi connectivity index (χ1v) is 5.96. The van der Waals surface area contributed by atoms with Gasteiger partial charge in [-0.25, -0.2) is 0 Å². The Labute approximate surface area is 113 Å². The molecule has 0 unspecified atom stereocenters. The van der Waals surface area contributed by atoms with Crippen molar-refractivity contribution in [2.24, 2.45) is 5.73 Å². The molecule has 0 bridgehead atoms. The molecular formula is C14H11ClF3N. The summed E-state index contributed by atoms with van der Waals surface area (Å²) in [4.78, 5) is 0. The summed E-state index contributed by atoms with van der Waals surface area (Å²) in [5.74, 6) is 0. The second-order valence-corrected chi connectivity index (χ2v) is 4.52. The summed E-state index contributed by atoms with van der Waals surface area (Å²) >= 11 is 5.88. The van der Waals surface area contributed by atoms with Crippen molar-refractivity contribution in [1.29, 1.82) is 0 Å². The zero-order valence-electron chi connectivity index (χ0n) is 9.84. The van der Waals surface area contributed by atoms with E-state index in [1.54, 1.807) is 24.3 Å². The minimum absolute atomic E-state index is 0.0335. The lowest BCUT2D eigenvalue weighted by molar-refractivity contribution is -0.137. The van der Waals surface area contributed by atoms with Gasteiger partial charge in [-0.2, -0.15) is 13.2 Å². The van der Waals surface area contributed by atoms with E-state index in [-0.39, 0.29) is 6.54 Å². The van der Waals surface area contributed by atoms with E-state index in [1.807, 2.05) is 0 Å². The third-order valence-electron chi connectivity index (χ3n) is 2.79. The number of benzene rings is 2. The fourth-order valence-electron chi connectivity index (χ4n) is 1.88. The molecule has 19 heavy (non-hydrogen) atoms. The monoisotopic (exact) mass is 285 g/mol. The van der Waals surface area contributed by atoms with E-state index in [4.69, 9.17) is 17.3 Å². The van der Waals surface area contributed by atoms with Crippen LogP contribution >= 0.6 is 11.6 Å². The summed E-state index contributed by atoms with van der Waals surface area (Å²) in [6, 6.07) is 10.5. The summed E-state index contributed by atoms with van der Waals surface area (Å²) in [6.45, 7) is 0.0335. The maximum Gasteiger partial charge on any atom is 0.416 e. The summed E-state index contributed by atoms with van der Waals surface area (Å²) in [6.07, 6.45) is -4.36. The SMILES string of the molecule is NCc1cc(C(F)(F)F)ccc1-c1cccc(Cl)c1. The second-order valence-electron chi connectivity index (χ2n) is 4.08. The quantitative estimate of drug-likeness (QED) is 0.865. The minimum atomic E-state index is -4.36. The Balaban J connectivity index is 2.53. The van der Waals surface area contributed by atoms with E-state index in [0.29, 0.717) is 16.1 Å². The largest absolute Gasteiger partial charge is 0.416 e. The highest BCUT2D eigenvalue weighted by atomic mass is 35.5. The summed E-state index contributed by atoms with van der Waals surface area (Å²) < 4.78 is 37.9. The Hall–Kier alpha value is -1.52. The zero-order chi connectivity index (χ0) is 14.0. The number of hydrogen-bond acceptors (Lipinski definition) is 1. The average molecular weight is 286 g/mol. The Bertz CT molecular complexity index is 593. The topological polar surface area (TPSA) is 26.0 Å². The predicted octanol–water partition coefficient (Wildman–Crippen LogP) is 4.48. The molecule has 0 aliphatic rings. The number of halogens is 4. The van der Waals surface area contributed by atoms with E-state index in [9.17, 15) is 13.2 Å². The van der Waals surface area contributed by atoms with Crippen LogP contribution in [0.25, 0.3) is 11.1 Å². The van der Waals surface area contributed by atoms with E-state index in [0.717, 1.165) is 17.7 Å². The number of nitrogens with two attached hydrogens (primary N) is 1. The van der Waals surface area contributed by atoms with Crippen LogP contribution in [-0.4, -0.2) is 0 Å². The van der Waals surface area contributed by atoms with Crippen LogP contribution in [0.5, 0.6) is 0 Å². The van der Waals surface area contributed by atoms with Crippen molar-refractivity contribution in [3.8, 4) is 11.1 Å². The molecule has 1 nitrogen and oxygen atoms in total. The molecule has 0 aliphatic heterocycles. The first kappa shape index (κ1) is 13.9. The van der Waals surface area contributed by atoms with Gasteiger partial charge in [-0.1, -0.05) is 29.8 Å². The molecule has 2 aromatic rings. The minimum Gasteiger partial charge on any atom is -0.326 e. The molecule has 0 heterocycles. The lowest BCUT2D eigenvalue weighted by atomic mass is 9.97. The maximum atomic E-state index is 12.6. The molecule has 0 spiro atoms. The van der Waals surface area contributed by atoms with Crippen LogP contribution in [0.4, 0.5) is 13.2 Å². The molecule has 0 saturated heterocycles. The van der Waals surface area contributed by atoms with Gasteiger partial charge in [-0.05, 0) is 41.0 Å². The van der Waals surface area contributed by atoms with Gasteiger partial charge in [0.2, 0.25) is 0 Å². The van der Waals surface area contributed by atoms with Gasteiger partial charge in [0.05, 0.1) is 5.56 Å². The van der Waals surface area contributed by atoms with E-state index in [2.05, 4.69) is 0 Å². The highest BCUT2D eigenvalue weighted by Crippen LogP contribution is 2.33. The Morgan fingerprint density at radius 3 is 2.37 bits per heavy atom. The van der Waals surface area contributed by atoms with Crippen molar-refractivity contribution in [2.45, 2.75) is 12.7 Å². The highest BCUT2D eigenvalue weighted by molar-refractivity contribution is 6.30. The van der Waals surface area contributed by atoms with Gasteiger partial charge in [-0.3, -0.25) is 0 Å². The van der Waals surface area contributed by atoms with Crippen LogP contribution < -0.4 is 5.73 Å². The first-order valence-electron chi connectivity index (χ1n) is 5.58. The summed E-state index contributed by atoms with van der Waals surface area (Å²) in [5.41, 5.74) is 6.70. The smallest absolute Gasteiger partial charge is 0.326 e. The van der Waals surface area contributed by atoms with E-state index >= 15 is 0 Å². The third-order valence-corrected chi connectivity index (χ3v) is 3.02. The number of rotatable bonds is 2. The lowest BCUT2D eigenvalue weighted by Gasteiger charge is -2.13. The molecule has 2 aromatic carbocycles. The standard InChI is InChI=1S/C14H11ClF3N/c15-12-3-1-2-9(7-12)13-5-4-11(14(16,17)18)6-10(13)8-19/h1-7H,8,19H2. The molecule has 0 aliphatic carbocycles. The predicted molar refractivity (Wildman–Crippen MR) is 69.8 cm³/mol. The molecule has 5 heteroatoms. The van der Waals surface area contributed by atoms with Crippen molar-refractivity contribution in [3.05, 3.63) is 58.6 Å². The van der Waals surface area contributed by atoms with Crippen LogP contribution in [0.2, 0.25) is 5.02 Å². The molecule has 0 saturated carbocycles. The molecule has 2 rings (SSSR count). The van der Waals surface area contributed by atoms with Crippen LogP contribution in [0, 0.1) is 0 Å². The molecule has 0 amide bonds. The Morgan fingerprint density at radius 1 is 1.05 bits per heavy atom. The van der Waals surface area contributed by atoms with Crippen molar-refractivity contribution < 1.29 is 13.2 Å². The third kappa shape index (κ3) is 3.08. The second kappa shape index (κ2) is 5.23.